The molecule has 2 unspecified atom stereocenters. The predicted octanol–water partition coefficient (Wildman–Crippen LogP) is -0.782. The lowest BCUT2D eigenvalue weighted by molar-refractivity contribution is -0.125. The summed E-state index contributed by atoms with van der Waals surface area (Å²) >= 11 is 0. The van der Waals surface area contributed by atoms with Gasteiger partial charge in [-0.3, -0.25) is 10.1 Å². The summed E-state index contributed by atoms with van der Waals surface area (Å²) in [4.78, 5) is 11.2. The molecule has 5 N–H and O–H groups in total. The van der Waals surface area contributed by atoms with E-state index < -0.39 is 6.23 Å². The summed E-state index contributed by atoms with van der Waals surface area (Å²) in [6.45, 7) is 0.166. The molecule has 0 saturated carbocycles. The van der Waals surface area contributed by atoms with Crippen molar-refractivity contribution in [2.24, 2.45) is 0 Å². The summed E-state index contributed by atoms with van der Waals surface area (Å²) in [6.07, 6.45) is -0.115. The second-order valence-electron chi connectivity index (χ2n) is 3.95. The van der Waals surface area contributed by atoms with Crippen molar-refractivity contribution in [3.8, 4) is 0 Å². The van der Waals surface area contributed by atoms with E-state index in [-0.39, 0.29) is 18.5 Å². The van der Waals surface area contributed by atoms with Crippen molar-refractivity contribution in [3.05, 3.63) is 29.8 Å². The largest absolute Gasteiger partial charge is 0.399 e. The number of nitrogen functional groups attached to an aromatic ring is 1. The minimum absolute atomic E-state index is 0.0919. The van der Waals surface area contributed by atoms with E-state index in [4.69, 9.17) is 5.73 Å². The van der Waals surface area contributed by atoms with E-state index in [0.29, 0.717) is 12.1 Å². The average Bonchev–Trinajstić information content (AvgIpc) is 2.27. The van der Waals surface area contributed by atoms with Crippen molar-refractivity contribution in [1.29, 1.82) is 0 Å². The minimum atomic E-state index is -0.699. The maximum absolute atomic E-state index is 11.2. The van der Waals surface area contributed by atoms with Gasteiger partial charge in [0.1, 0.15) is 6.23 Å². The maximum atomic E-state index is 11.2. The number of hydrogen-bond acceptors (Lipinski definition) is 4. The Morgan fingerprint density at radius 3 is 2.75 bits per heavy atom. The number of nitrogens with two attached hydrogens (primary N) is 1. The van der Waals surface area contributed by atoms with Gasteiger partial charge in [-0.2, -0.15) is 0 Å². The Morgan fingerprint density at radius 2 is 2.06 bits per heavy atom. The summed E-state index contributed by atoms with van der Waals surface area (Å²) in [5.74, 6) is -0.0919. The molecule has 0 spiro atoms. The number of aliphatic hydroxyl groups is 1. The minimum Gasteiger partial charge on any atom is -0.399 e. The third-order valence-corrected chi connectivity index (χ3v) is 2.63. The molecule has 0 bridgehead atoms. The number of hydrogen-bond donors (Lipinski definition) is 4. The molecule has 5 nitrogen and oxygen atoms in total. The lowest BCUT2D eigenvalue weighted by Crippen LogP contribution is -2.59. The number of carbonyl (C=O) groups excluding carboxylic acids is 1. The van der Waals surface area contributed by atoms with Crippen LogP contribution in [0.2, 0.25) is 0 Å². The van der Waals surface area contributed by atoms with Crippen molar-refractivity contribution >= 4 is 11.6 Å². The highest BCUT2D eigenvalue weighted by Gasteiger charge is 2.26. The fourth-order valence-electron chi connectivity index (χ4n) is 1.75. The Bertz CT molecular complexity index is 377. The Kier molecular flexibility index (Phi) is 3.07. The summed E-state index contributed by atoms with van der Waals surface area (Å²) in [7, 11) is 0. The Balaban J connectivity index is 2.02. The first-order chi connectivity index (χ1) is 7.65. The molecule has 1 saturated heterocycles. The Morgan fingerprint density at radius 1 is 1.38 bits per heavy atom. The zero-order valence-corrected chi connectivity index (χ0v) is 8.81. The lowest BCUT2D eigenvalue weighted by atomic mass is 10.0. The molecule has 1 heterocycles. The Labute approximate surface area is 93.6 Å². The van der Waals surface area contributed by atoms with Crippen LogP contribution in [0.3, 0.4) is 0 Å². The van der Waals surface area contributed by atoms with E-state index in [1.807, 2.05) is 12.1 Å². The fourth-order valence-corrected chi connectivity index (χ4v) is 1.75. The Hall–Kier alpha value is -1.59. The molecule has 1 amide bonds. The molecule has 0 radical (unpaired) electrons. The van der Waals surface area contributed by atoms with Gasteiger partial charge in [0.25, 0.3) is 0 Å². The topological polar surface area (TPSA) is 87.4 Å². The van der Waals surface area contributed by atoms with Gasteiger partial charge in [-0.25, -0.2) is 0 Å². The first-order valence-corrected chi connectivity index (χ1v) is 5.20. The smallest absolute Gasteiger partial charge is 0.234 e. The highest BCUT2D eigenvalue weighted by atomic mass is 16.3. The predicted molar refractivity (Wildman–Crippen MR) is 60.5 cm³/mol. The molecule has 1 aliphatic heterocycles. The standard InChI is InChI=1S/C11H15N3O2/c12-8-3-1-7(2-4-8)5-9-11(16)13-6-10(15)14-9/h1-4,9,11,13,16H,5-6,12H2,(H,14,15). The second kappa shape index (κ2) is 4.51. The fraction of sp³-hybridized carbons (Fsp3) is 0.364. The molecular weight excluding hydrogens is 206 g/mol. The van der Waals surface area contributed by atoms with Gasteiger partial charge in [0.05, 0.1) is 12.6 Å². The molecule has 16 heavy (non-hydrogen) atoms. The number of aliphatic hydroxyl groups excluding tert-OH is 1. The molecule has 2 atom stereocenters. The van der Waals surface area contributed by atoms with Crippen LogP contribution in [0.1, 0.15) is 5.56 Å². The molecule has 1 aromatic rings. The van der Waals surface area contributed by atoms with Crippen molar-refractivity contribution in [3.63, 3.8) is 0 Å². The second-order valence-corrected chi connectivity index (χ2v) is 3.95. The van der Waals surface area contributed by atoms with Crippen LogP contribution in [0.25, 0.3) is 0 Å². The molecule has 1 aromatic carbocycles. The monoisotopic (exact) mass is 221 g/mol. The van der Waals surface area contributed by atoms with E-state index >= 15 is 0 Å². The average molecular weight is 221 g/mol. The van der Waals surface area contributed by atoms with Crippen LogP contribution in [0.4, 0.5) is 5.69 Å². The third-order valence-electron chi connectivity index (χ3n) is 2.63. The number of nitrogens with one attached hydrogen (secondary N) is 2. The zero-order chi connectivity index (χ0) is 11.5. The molecule has 1 fully saturated rings. The van der Waals surface area contributed by atoms with Gasteiger partial charge < -0.3 is 16.2 Å². The van der Waals surface area contributed by atoms with Crippen molar-refractivity contribution in [2.75, 3.05) is 12.3 Å². The van der Waals surface area contributed by atoms with Crippen LogP contribution >= 0.6 is 0 Å². The first kappa shape index (κ1) is 10.9. The van der Waals surface area contributed by atoms with E-state index in [1.165, 1.54) is 0 Å². The van der Waals surface area contributed by atoms with Crippen LogP contribution < -0.4 is 16.4 Å². The number of benzene rings is 1. The summed E-state index contributed by atoms with van der Waals surface area (Å²) in [5.41, 5.74) is 7.31. The number of rotatable bonds is 2. The van der Waals surface area contributed by atoms with Crippen LogP contribution in [0.5, 0.6) is 0 Å². The number of amides is 1. The van der Waals surface area contributed by atoms with Gasteiger partial charge in [0.15, 0.2) is 0 Å². The van der Waals surface area contributed by atoms with Crippen molar-refractivity contribution in [2.45, 2.75) is 18.7 Å². The van der Waals surface area contributed by atoms with Crippen molar-refractivity contribution < 1.29 is 9.90 Å². The highest BCUT2D eigenvalue weighted by Crippen LogP contribution is 2.10. The van der Waals surface area contributed by atoms with Gasteiger partial charge >= 0.3 is 0 Å². The first-order valence-electron chi connectivity index (χ1n) is 5.20. The molecule has 0 aromatic heterocycles. The van der Waals surface area contributed by atoms with Gasteiger partial charge in [-0.1, -0.05) is 12.1 Å². The van der Waals surface area contributed by atoms with Gasteiger partial charge in [-0.15, -0.1) is 0 Å². The summed E-state index contributed by atoms with van der Waals surface area (Å²) < 4.78 is 0. The van der Waals surface area contributed by atoms with Crippen LogP contribution in [-0.4, -0.2) is 29.8 Å². The van der Waals surface area contributed by atoms with E-state index in [2.05, 4.69) is 10.6 Å². The summed E-state index contributed by atoms with van der Waals surface area (Å²) in [6, 6.07) is 7.11. The van der Waals surface area contributed by atoms with Crippen LogP contribution in [-0.2, 0) is 11.2 Å². The molecule has 0 aliphatic carbocycles. The molecule has 5 heteroatoms. The van der Waals surface area contributed by atoms with E-state index in [9.17, 15) is 9.90 Å². The number of anilines is 1. The van der Waals surface area contributed by atoms with Gasteiger partial charge in [0, 0.05) is 5.69 Å². The van der Waals surface area contributed by atoms with Crippen LogP contribution in [0.15, 0.2) is 24.3 Å². The van der Waals surface area contributed by atoms with Crippen molar-refractivity contribution in [1.82, 2.24) is 10.6 Å². The van der Waals surface area contributed by atoms with E-state index in [0.717, 1.165) is 5.56 Å². The number of piperazine rings is 1. The van der Waals surface area contributed by atoms with Gasteiger partial charge in [-0.05, 0) is 24.1 Å². The molecule has 86 valence electrons. The number of carbonyl (C=O) groups is 1. The summed E-state index contributed by atoms with van der Waals surface area (Å²) in [5, 5.41) is 15.1. The normalized spacial score (nSPS) is 25.2. The third kappa shape index (κ3) is 2.50. The zero-order valence-electron chi connectivity index (χ0n) is 8.81. The highest BCUT2D eigenvalue weighted by molar-refractivity contribution is 5.79. The SMILES string of the molecule is Nc1ccc(CC2NC(=O)CNC2O)cc1. The molecular formula is C11H15N3O2. The molecule has 2 rings (SSSR count). The maximum Gasteiger partial charge on any atom is 0.234 e. The molecule has 1 aliphatic rings. The van der Waals surface area contributed by atoms with Crippen LogP contribution in [0, 0.1) is 0 Å². The lowest BCUT2D eigenvalue weighted by Gasteiger charge is -2.29. The van der Waals surface area contributed by atoms with E-state index in [1.54, 1.807) is 12.1 Å². The van der Waals surface area contributed by atoms with Gasteiger partial charge in [0.2, 0.25) is 5.91 Å². The quantitative estimate of drug-likeness (QED) is 0.493.